The molecule has 1 amide bonds. The summed E-state index contributed by atoms with van der Waals surface area (Å²) in [5.41, 5.74) is 0.318. The van der Waals surface area contributed by atoms with Crippen LogP contribution < -0.4 is 4.74 Å². The number of nitrogens with zero attached hydrogens (tertiary/aromatic N) is 3. The summed E-state index contributed by atoms with van der Waals surface area (Å²) in [7, 11) is 1.38. The number of rotatable bonds is 7. The molecular formula is C24H26FN3O5. The molecule has 4 rings (SSSR count). The molecule has 1 N–H and O–H groups in total. The molecule has 3 heterocycles. The quantitative estimate of drug-likeness (QED) is 0.389. The summed E-state index contributed by atoms with van der Waals surface area (Å²) >= 11 is 0. The number of ether oxygens (including phenoxy) is 2. The van der Waals surface area contributed by atoms with Crippen LogP contribution in [-0.2, 0) is 14.3 Å². The van der Waals surface area contributed by atoms with Gasteiger partial charge in [-0.05, 0) is 36.8 Å². The van der Waals surface area contributed by atoms with E-state index in [1.54, 1.807) is 24.4 Å². The molecule has 0 bridgehead atoms. The Bertz CT molecular complexity index is 1050. The third-order valence-electron chi connectivity index (χ3n) is 5.90. The molecule has 1 atom stereocenters. The lowest BCUT2D eigenvalue weighted by Crippen LogP contribution is -2.39. The molecule has 2 aromatic rings. The normalized spacial score (nSPS) is 20.9. The van der Waals surface area contributed by atoms with Gasteiger partial charge in [-0.2, -0.15) is 0 Å². The fourth-order valence-electron chi connectivity index (χ4n) is 4.26. The monoisotopic (exact) mass is 455 g/mol. The Morgan fingerprint density at radius 2 is 2.00 bits per heavy atom. The molecule has 174 valence electrons. The first-order valence-corrected chi connectivity index (χ1v) is 10.8. The number of halogens is 1. The fourth-order valence-corrected chi connectivity index (χ4v) is 4.26. The number of amides is 1. The van der Waals surface area contributed by atoms with E-state index in [1.165, 1.54) is 24.1 Å². The lowest BCUT2D eigenvalue weighted by molar-refractivity contribution is -0.140. The zero-order chi connectivity index (χ0) is 23.4. The Labute approximate surface area is 191 Å². The van der Waals surface area contributed by atoms with Crippen LogP contribution in [0.25, 0.3) is 5.76 Å². The second-order valence-corrected chi connectivity index (χ2v) is 7.90. The second kappa shape index (κ2) is 10.1. The van der Waals surface area contributed by atoms with Gasteiger partial charge in [-0.3, -0.25) is 19.5 Å². The number of carbonyl (C=O) groups is 2. The minimum Gasteiger partial charge on any atom is -0.507 e. The first-order chi connectivity index (χ1) is 16.0. The molecule has 2 aliphatic rings. The number of aliphatic hydroxyl groups is 1. The predicted octanol–water partition coefficient (Wildman–Crippen LogP) is 2.37. The van der Waals surface area contributed by atoms with Gasteiger partial charge in [0.05, 0.1) is 37.2 Å². The number of Topliss-reactive ketones (excluding diaryl/α,β-unsaturated/α-hetero) is 1. The third kappa shape index (κ3) is 4.74. The summed E-state index contributed by atoms with van der Waals surface area (Å²) < 4.78 is 24.6. The SMILES string of the molecule is COc1ccc(F)cc1/C(O)=C1\C(=O)C(=O)N(CCCN2CCOCC2)[C@@H]1c1ccccn1. The van der Waals surface area contributed by atoms with Crippen molar-refractivity contribution in [3.63, 3.8) is 0 Å². The average Bonchev–Trinajstić information content (AvgIpc) is 3.10. The zero-order valence-corrected chi connectivity index (χ0v) is 18.4. The Kier molecular flexibility index (Phi) is 7.00. The van der Waals surface area contributed by atoms with Gasteiger partial charge in [0.25, 0.3) is 11.7 Å². The molecule has 2 fully saturated rings. The average molecular weight is 455 g/mol. The van der Waals surface area contributed by atoms with Crippen molar-refractivity contribution in [2.24, 2.45) is 0 Å². The van der Waals surface area contributed by atoms with Crippen LogP contribution in [0.15, 0.2) is 48.2 Å². The highest BCUT2D eigenvalue weighted by atomic mass is 19.1. The summed E-state index contributed by atoms with van der Waals surface area (Å²) in [5, 5.41) is 11.1. The van der Waals surface area contributed by atoms with Gasteiger partial charge in [-0.15, -0.1) is 0 Å². The van der Waals surface area contributed by atoms with Gasteiger partial charge in [0, 0.05) is 32.4 Å². The second-order valence-electron chi connectivity index (χ2n) is 7.90. The van der Waals surface area contributed by atoms with Crippen molar-refractivity contribution in [3.8, 4) is 5.75 Å². The standard InChI is InChI=1S/C24H26FN3O5/c1-32-19-7-6-16(25)15-17(19)22(29)20-21(18-5-2-3-8-26-18)28(24(31)23(20)30)10-4-9-27-11-13-33-14-12-27/h2-3,5-8,15,21,29H,4,9-14H2,1H3/b22-20+/t21-/m1/s1. The van der Waals surface area contributed by atoms with Gasteiger partial charge in [0.1, 0.15) is 23.4 Å². The molecule has 0 aliphatic carbocycles. The van der Waals surface area contributed by atoms with Crippen LogP contribution in [0.3, 0.4) is 0 Å². The number of hydrogen-bond donors (Lipinski definition) is 1. The molecule has 9 heteroatoms. The van der Waals surface area contributed by atoms with Crippen molar-refractivity contribution in [1.82, 2.24) is 14.8 Å². The molecule has 33 heavy (non-hydrogen) atoms. The number of pyridine rings is 1. The van der Waals surface area contributed by atoms with Crippen LogP contribution in [0.2, 0.25) is 0 Å². The van der Waals surface area contributed by atoms with Gasteiger partial charge < -0.3 is 19.5 Å². The molecule has 2 saturated heterocycles. The van der Waals surface area contributed by atoms with Crippen LogP contribution in [0.1, 0.15) is 23.7 Å². The Balaban J connectivity index is 1.70. The van der Waals surface area contributed by atoms with Crippen molar-refractivity contribution in [2.45, 2.75) is 12.5 Å². The van der Waals surface area contributed by atoms with E-state index in [1.807, 2.05) is 0 Å². The summed E-state index contributed by atoms with van der Waals surface area (Å²) in [6, 6.07) is 7.91. The zero-order valence-electron chi connectivity index (χ0n) is 18.4. The van der Waals surface area contributed by atoms with E-state index in [2.05, 4.69) is 9.88 Å². The highest BCUT2D eigenvalue weighted by molar-refractivity contribution is 6.46. The van der Waals surface area contributed by atoms with Crippen LogP contribution in [0.4, 0.5) is 4.39 Å². The molecule has 0 spiro atoms. The van der Waals surface area contributed by atoms with E-state index < -0.39 is 29.3 Å². The number of likely N-dealkylation sites (tertiary alicyclic amines) is 1. The predicted molar refractivity (Wildman–Crippen MR) is 118 cm³/mol. The molecule has 0 radical (unpaired) electrons. The van der Waals surface area contributed by atoms with Crippen LogP contribution >= 0.6 is 0 Å². The maximum absolute atomic E-state index is 14.0. The van der Waals surface area contributed by atoms with Gasteiger partial charge in [-0.1, -0.05) is 6.07 Å². The summed E-state index contributed by atoms with van der Waals surface area (Å²) in [6.45, 7) is 4.05. The van der Waals surface area contributed by atoms with Crippen molar-refractivity contribution >= 4 is 17.4 Å². The van der Waals surface area contributed by atoms with E-state index in [4.69, 9.17) is 9.47 Å². The first-order valence-electron chi connectivity index (χ1n) is 10.8. The number of aromatic nitrogens is 1. The molecule has 8 nitrogen and oxygen atoms in total. The maximum Gasteiger partial charge on any atom is 0.295 e. The summed E-state index contributed by atoms with van der Waals surface area (Å²) in [4.78, 5) is 34.1. The van der Waals surface area contributed by atoms with E-state index >= 15 is 0 Å². The number of aliphatic hydroxyl groups excluding tert-OH is 1. The molecule has 2 aliphatic heterocycles. The Morgan fingerprint density at radius 3 is 2.70 bits per heavy atom. The van der Waals surface area contributed by atoms with Gasteiger partial charge in [0.15, 0.2) is 0 Å². The molecule has 0 saturated carbocycles. The number of methoxy groups -OCH3 is 1. The van der Waals surface area contributed by atoms with Crippen molar-refractivity contribution in [2.75, 3.05) is 46.5 Å². The number of benzene rings is 1. The fraction of sp³-hybridized carbons (Fsp3) is 0.375. The van der Waals surface area contributed by atoms with Crippen LogP contribution in [0.5, 0.6) is 5.75 Å². The van der Waals surface area contributed by atoms with Gasteiger partial charge in [-0.25, -0.2) is 4.39 Å². The minimum atomic E-state index is -0.885. The first kappa shape index (κ1) is 22.9. The van der Waals surface area contributed by atoms with Crippen LogP contribution in [-0.4, -0.2) is 78.1 Å². The largest absolute Gasteiger partial charge is 0.507 e. The third-order valence-corrected chi connectivity index (χ3v) is 5.90. The Hall–Kier alpha value is -3.30. The molecule has 1 aromatic carbocycles. The lowest BCUT2D eigenvalue weighted by atomic mass is 9.97. The lowest BCUT2D eigenvalue weighted by Gasteiger charge is -2.29. The highest BCUT2D eigenvalue weighted by Crippen LogP contribution is 2.40. The number of ketones is 1. The number of carbonyl (C=O) groups excluding carboxylic acids is 2. The van der Waals surface area contributed by atoms with Crippen LogP contribution in [0, 0.1) is 5.82 Å². The van der Waals surface area contributed by atoms with E-state index in [0.717, 1.165) is 25.7 Å². The van der Waals surface area contributed by atoms with Crippen molar-refractivity contribution in [1.29, 1.82) is 0 Å². The van der Waals surface area contributed by atoms with E-state index in [0.29, 0.717) is 31.9 Å². The molecule has 1 aromatic heterocycles. The summed E-state index contributed by atoms with van der Waals surface area (Å²) in [6.07, 6.45) is 2.20. The van der Waals surface area contributed by atoms with Crippen molar-refractivity contribution in [3.05, 3.63) is 65.2 Å². The van der Waals surface area contributed by atoms with Gasteiger partial charge in [0.2, 0.25) is 0 Å². The van der Waals surface area contributed by atoms with E-state index in [9.17, 15) is 19.1 Å². The summed E-state index contributed by atoms with van der Waals surface area (Å²) in [5.74, 6) is -2.46. The number of hydrogen-bond acceptors (Lipinski definition) is 7. The van der Waals surface area contributed by atoms with Gasteiger partial charge >= 0.3 is 0 Å². The van der Waals surface area contributed by atoms with Crippen molar-refractivity contribution < 1.29 is 28.6 Å². The molecule has 0 unspecified atom stereocenters. The topological polar surface area (TPSA) is 92.2 Å². The van der Waals surface area contributed by atoms with E-state index in [-0.39, 0.29) is 16.9 Å². The minimum absolute atomic E-state index is 0.00440. The maximum atomic E-state index is 14.0. The Morgan fingerprint density at radius 1 is 1.21 bits per heavy atom. The smallest absolute Gasteiger partial charge is 0.295 e. The number of morpholine rings is 1. The molecular weight excluding hydrogens is 429 g/mol. The highest BCUT2D eigenvalue weighted by Gasteiger charge is 2.46.